The van der Waals surface area contributed by atoms with Crippen molar-refractivity contribution >= 4 is 185 Å². The molecule has 0 heterocycles. The van der Waals surface area contributed by atoms with Gasteiger partial charge in [-0.25, -0.2) is 13.5 Å². The topological polar surface area (TPSA) is 293 Å². The molecule has 204 valence electrons. The Morgan fingerprint density at radius 2 is 0.971 bits per heavy atom. The summed E-state index contributed by atoms with van der Waals surface area (Å²) >= 11 is 0. The van der Waals surface area contributed by atoms with Gasteiger partial charge in [0.15, 0.2) is 17.4 Å². The molecule has 0 aliphatic heterocycles. The summed E-state index contributed by atoms with van der Waals surface area (Å²) in [7, 11) is -8.87. The Kier molecular flexibility index (Phi) is 106. The average Bonchev–Trinajstić information content (AvgIpc) is 2.41. The van der Waals surface area contributed by atoms with E-state index in [0.29, 0.717) is 6.42 Å². The molecular formula is C13H47AlCa3NaO14PS. The fourth-order valence-electron chi connectivity index (χ4n) is 1.75. The molecule has 0 bridgehead atoms. The molecule has 12 N–H and O–H groups in total. The van der Waals surface area contributed by atoms with Crippen LogP contribution in [0.2, 0.25) is 0 Å². The first-order chi connectivity index (χ1) is 11.8. The van der Waals surface area contributed by atoms with Crippen molar-refractivity contribution < 1.29 is 67.8 Å². The number of carbonyl (C=O) groups is 1. The third-order valence-corrected chi connectivity index (χ3v) is 3.19. The second-order valence-corrected chi connectivity index (χ2v) is 7.35. The number of rotatable bonds is 12. The molecule has 0 aliphatic carbocycles. The van der Waals surface area contributed by atoms with Crippen LogP contribution in [0.25, 0.3) is 0 Å². The standard InChI is InChI=1S/C12H26O4S.CH2O3.Al.3Ca.Na.H3O4P.3H2O.10H/c1-2-3-4-5-6-7-8-9-10-11-12-16-17(13,14)15;2-1(3)4;;;;;;1-5(2,3)4;;;;;;;;;;;;;/h2-12H2,1H3,(H,13,14,15);(H2,2,3,4);;;;;;(H3,1,2,3,4);3*1H2;;;;;;;;;;. The Hall–Kier alpha value is 4.44. The van der Waals surface area contributed by atoms with Crippen molar-refractivity contribution in [2.24, 2.45) is 0 Å². The zero-order valence-corrected chi connectivity index (χ0v) is 18.1. The Morgan fingerprint density at radius 3 is 1.18 bits per heavy atom. The SMILES string of the molecule is CCCCCCCCCCCCOS(=O)(=O)O.O.O.O.O=C(O)O.O=P(O)(O)O.[AlH3].[CaH2].[CaH2].[CaH2].[NaH]. The van der Waals surface area contributed by atoms with Crippen molar-refractivity contribution in [3.8, 4) is 0 Å². The van der Waals surface area contributed by atoms with E-state index in [-0.39, 0.29) is 183 Å². The Balaban J connectivity index is -0.0000000301. The molecular weight excluding hydrogens is 613 g/mol. The third kappa shape index (κ3) is 135. The van der Waals surface area contributed by atoms with Crippen LogP contribution >= 0.6 is 7.82 Å². The summed E-state index contributed by atoms with van der Waals surface area (Å²) < 4.78 is 41.9. The fourth-order valence-corrected chi connectivity index (χ4v) is 2.08. The number of unbranched alkanes of at least 4 members (excludes halogenated alkanes) is 9. The zero-order valence-electron chi connectivity index (χ0n) is 16.4. The molecule has 14 nitrogen and oxygen atoms in total. The van der Waals surface area contributed by atoms with E-state index in [0.717, 1.165) is 12.8 Å². The number of hydrogen-bond acceptors (Lipinski definition) is 5. The van der Waals surface area contributed by atoms with Crippen LogP contribution in [0.15, 0.2) is 0 Å². The first kappa shape index (κ1) is 71.6. The van der Waals surface area contributed by atoms with E-state index in [1.54, 1.807) is 0 Å². The molecule has 0 unspecified atom stereocenters. The minimum absolute atomic E-state index is 0. The van der Waals surface area contributed by atoms with Gasteiger partial charge in [-0.05, 0) is 6.42 Å². The maximum absolute atomic E-state index is 10.2. The molecule has 0 saturated carbocycles. The molecule has 0 aromatic heterocycles. The summed E-state index contributed by atoms with van der Waals surface area (Å²) in [5, 5.41) is 13.9. The van der Waals surface area contributed by atoms with E-state index in [1.165, 1.54) is 44.9 Å². The van der Waals surface area contributed by atoms with Crippen molar-refractivity contribution in [3.05, 3.63) is 0 Å². The van der Waals surface area contributed by atoms with Gasteiger partial charge < -0.3 is 41.3 Å². The number of hydrogen-bond donors (Lipinski definition) is 6. The van der Waals surface area contributed by atoms with Crippen LogP contribution in [0, 0.1) is 0 Å². The van der Waals surface area contributed by atoms with Crippen molar-refractivity contribution in [1.82, 2.24) is 0 Å². The minimum atomic E-state index is -4.64. The van der Waals surface area contributed by atoms with E-state index in [9.17, 15) is 8.42 Å². The molecule has 0 saturated heterocycles. The van der Waals surface area contributed by atoms with Crippen LogP contribution in [0.4, 0.5) is 4.79 Å². The van der Waals surface area contributed by atoms with Crippen LogP contribution in [-0.4, -0.2) is 227 Å². The molecule has 21 heteroatoms. The molecule has 0 fully saturated rings. The van der Waals surface area contributed by atoms with Gasteiger partial charge in [-0.15, -0.1) is 0 Å². The van der Waals surface area contributed by atoms with Crippen LogP contribution in [-0.2, 0) is 19.1 Å². The molecule has 0 aromatic carbocycles. The van der Waals surface area contributed by atoms with Gasteiger partial charge in [-0.3, -0.25) is 4.55 Å². The Bertz CT molecular complexity index is 479. The van der Waals surface area contributed by atoms with Gasteiger partial charge in [0, 0.05) is 0 Å². The molecule has 0 radical (unpaired) electrons. The molecule has 0 aromatic rings. The molecule has 0 amide bonds. The third-order valence-electron chi connectivity index (χ3n) is 2.73. The average molecular weight is 661 g/mol. The number of phosphoric acid groups is 1. The fraction of sp³-hybridized carbons (Fsp3) is 0.923. The first-order valence-electron chi connectivity index (χ1n) is 8.11. The van der Waals surface area contributed by atoms with E-state index in [4.69, 9.17) is 38.8 Å². The van der Waals surface area contributed by atoms with Gasteiger partial charge in [0.25, 0.3) is 0 Å². The van der Waals surface area contributed by atoms with E-state index in [1.807, 2.05) is 0 Å². The van der Waals surface area contributed by atoms with Crippen LogP contribution < -0.4 is 0 Å². The summed E-state index contributed by atoms with van der Waals surface area (Å²) in [5.74, 6) is 0. The predicted octanol–water partition coefficient (Wildman–Crippen LogP) is -4.03. The van der Waals surface area contributed by atoms with Gasteiger partial charge in [-0.1, -0.05) is 64.7 Å². The van der Waals surface area contributed by atoms with Crippen LogP contribution in [0.3, 0.4) is 0 Å². The summed E-state index contributed by atoms with van der Waals surface area (Å²) in [5.41, 5.74) is 0. The van der Waals surface area contributed by atoms with Gasteiger partial charge in [0.05, 0.1) is 6.61 Å². The second kappa shape index (κ2) is 50.3. The number of carboxylic acid groups (broad SMARTS) is 2. The molecule has 0 spiro atoms. The molecule has 0 atom stereocenters. The van der Waals surface area contributed by atoms with Crippen molar-refractivity contribution in [2.45, 2.75) is 71.1 Å². The monoisotopic (exact) mass is 660 g/mol. The molecule has 0 rings (SSSR count). The van der Waals surface area contributed by atoms with Gasteiger partial charge in [-0.2, -0.15) is 8.42 Å². The zero-order chi connectivity index (χ0) is 21.1. The van der Waals surface area contributed by atoms with Crippen LogP contribution in [0.1, 0.15) is 71.1 Å². The molecule has 34 heavy (non-hydrogen) atoms. The van der Waals surface area contributed by atoms with Crippen molar-refractivity contribution in [2.75, 3.05) is 6.61 Å². The second-order valence-electron chi connectivity index (χ2n) is 5.23. The summed E-state index contributed by atoms with van der Waals surface area (Å²) in [4.78, 5) is 30.1. The van der Waals surface area contributed by atoms with Gasteiger partial charge in [0.2, 0.25) is 0 Å². The maximum atomic E-state index is 10.2. The van der Waals surface area contributed by atoms with Crippen molar-refractivity contribution in [3.63, 3.8) is 0 Å². The van der Waals surface area contributed by atoms with E-state index in [2.05, 4.69) is 11.1 Å². The molecule has 0 aliphatic rings. The van der Waals surface area contributed by atoms with Crippen molar-refractivity contribution in [1.29, 1.82) is 0 Å². The van der Waals surface area contributed by atoms with E-state index < -0.39 is 24.4 Å². The van der Waals surface area contributed by atoms with Crippen LogP contribution in [0.5, 0.6) is 0 Å². The summed E-state index contributed by atoms with van der Waals surface area (Å²) in [6, 6.07) is 0. The Morgan fingerprint density at radius 1 is 0.765 bits per heavy atom. The summed E-state index contributed by atoms with van der Waals surface area (Å²) in [6.07, 6.45) is 10.0. The Labute approximate surface area is 324 Å². The van der Waals surface area contributed by atoms with Gasteiger partial charge >= 0.3 is 167 Å². The summed E-state index contributed by atoms with van der Waals surface area (Å²) in [6.45, 7) is 2.31. The quantitative estimate of drug-likeness (QED) is 0.0507. The first-order valence-corrected chi connectivity index (χ1v) is 11.0. The normalized spacial score (nSPS) is 8.38. The van der Waals surface area contributed by atoms with Gasteiger partial charge in [0.1, 0.15) is 0 Å². The predicted molar refractivity (Wildman–Crippen MR) is 148 cm³/mol. The van der Waals surface area contributed by atoms with E-state index >= 15 is 0 Å².